The molecule has 1 aliphatic heterocycles. The van der Waals surface area contributed by atoms with Gasteiger partial charge in [0.2, 0.25) is 10.0 Å². The monoisotopic (exact) mass is 303 g/mol. The number of non-ortho nitro benzene ring substituents is 1. The third-order valence-corrected chi connectivity index (χ3v) is 4.97. The first-order chi connectivity index (χ1) is 9.32. The maximum Gasteiger partial charge on any atom is 0.272 e. The van der Waals surface area contributed by atoms with E-state index in [1.54, 1.807) is 0 Å². The smallest absolute Gasteiger partial charge is 0.272 e. The maximum absolute atomic E-state index is 13.8. The van der Waals surface area contributed by atoms with Crippen molar-refractivity contribution in [3.63, 3.8) is 0 Å². The Bertz CT molecular complexity index is 635. The van der Waals surface area contributed by atoms with E-state index in [-0.39, 0.29) is 19.1 Å². The second-order valence-electron chi connectivity index (χ2n) is 4.59. The molecular formula is C11H14FN3O4S. The van der Waals surface area contributed by atoms with E-state index in [0.29, 0.717) is 12.6 Å². The van der Waals surface area contributed by atoms with Crippen LogP contribution in [0.15, 0.2) is 23.1 Å². The van der Waals surface area contributed by atoms with Crippen molar-refractivity contribution in [1.29, 1.82) is 0 Å². The summed E-state index contributed by atoms with van der Waals surface area (Å²) in [5.41, 5.74) is -0.477. The van der Waals surface area contributed by atoms with Crippen LogP contribution in [0.5, 0.6) is 0 Å². The van der Waals surface area contributed by atoms with Crippen LogP contribution in [0.3, 0.4) is 0 Å². The lowest BCUT2D eigenvalue weighted by molar-refractivity contribution is -0.385. The highest BCUT2D eigenvalue weighted by molar-refractivity contribution is 7.89. The molecule has 0 aliphatic carbocycles. The van der Waals surface area contributed by atoms with E-state index in [2.05, 4.69) is 5.32 Å². The summed E-state index contributed by atoms with van der Waals surface area (Å²) in [6.07, 6.45) is 0. The minimum atomic E-state index is -3.97. The third kappa shape index (κ3) is 2.79. The minimum Gasteiger partial charge on any atom is -0.312 e. The second kappa shape index (κ2) is 5.43. The number of hydrogen-bond donors (Lipinski definition) is 1. The summed E-state index contributed by atoms with van der Waals surface area (Å²) in [6, 6.07) is 2.52. The molecule has 1 atom stereocenters. The van der Waals surface area contributed by atoms with E-state index in [9.17, 15) is 22.9 Å². The van der Waals surface area contributed by atoms with Gasteiger partial charge in [0.05, 0.1) is 11.0 Å². The van der Waals surface area contributed by atoms with Gasteiger partial charge in [-0.2, -0.15) is 4.31 Å². The number of benzene rings is 1. The molecule has 1 N–H and O–H groups in total. The third-order valence-electron chi connectivity index (χ3n) is 3.08. The normalized spacial score (nSPS) is 20.8. The Morgan fingerprint density at radius 1 is 1.50 bits per heavy atom. The molecule has 20 heavy (non-hydrogen) atoms. The van der Waals surface area contributed by atoms with Gasteiger partial charge in [0.25, 0.3) is 5.69 Å². The Hall–Kier alpha value is -1.58. The summed E-state index contributed by atoms with van der Waals surface area (Å²) in [4.78, 5) is 9.23. The molecule has 0 radical (unpaired) electrons. The molecule has 1 aliphatic rings. The number of sulfonamides is 1. The number of nitrogens with zero attached hydrogens (tertiary/aromatic N) is 2. The van der Waals surface area contributed by atoms with Gasteiger partial charge in [0.1, 0.15) is 10.7 Å². The predicted molar refractivity (Wildman–Crippen MR) is 69.3 cm³/mol. The molecule has 2 rings (SSSR count). The van der Waals surface area contributed by atoms with E-state index in [0.717, 1.165) is 12.1 Å². The topological polar surface area (TPSA) is 92.5 Å². The first kappa shape index (κ1) is 14.8. The molecule has 110 valence electrons. The Labute approximate surface area is 115 Å². The van der Waals surface area contributed by atoms with Crippen LogP contribution >= 0.6 is 0 Å². The quantitative estimate of drug-likeness (QED) is 0.656. The van der Waals surface area contributed by atoms with Gasteiger partial charge in [-0.1, -0.05) is 0 Å². The number of rotatable bonds is 3. The van der Waals surface area contributed by atoms with E-state index < -0.39 is 31.3 Å². The lowest BCUT2D eigenvalue weighted by atomic mass is 10.3. The summed E-state index contributed by atoms with van der Waals surface area (Å²) in [7, 11) is -3.97. The van der Waals surface area contributed by atoms with Gasteiger partial charge in [-0.25, -0.2) is 12.8 Å². The number of hydrogen-bond acceptors (Lipinski definition) is 5. The number of piperazine rings is 1. The average molecular weight is 303 g/mol. The van der Waals surface area contributed by atoms with E-state index in [1.807, 2.05) is 6.92 Å². The van der Waals surface area contributed by atoms with Crippen LogP contribution in [0.25, 0.3) is 0 Å². The fraction of sp³-hybridized carbons (Fsp3) is 0.455. The zero-order valence-electron chi connectivity index (χ0n) is 10.7. The number of nitro benzene ring substituents is 1. The number of nitro groups is 1. The largest absolute Gasteiger partial charge is 0.312 e. The lowest BCUT2D eigenvalue weighted by Gasteiger charge is -2.31. The molecule has 1 saturated heterocycles. The first-order valence-electron chi connectivity index (χ1n) is 6.00. The number of halogens is 1. The fourth-order valence-corrected chi connectivity index (χ4v) is 3.64. The lowest BCUT2D eigenvalue weighted by Crippen LogP contribution is -2.51. The van der Waals surface area contributed by atoms with Crippen molar-refractivity contribution in [3.8, 4) is 0 Å². The van der Waals surface area contributed by atoms with Crippen molar-refractivity contribution < 1.29 is 17.7 Å². The van der Waals surface area contributed by atoms with E-state index in [1.165, 1.54) is 4.31 Å². The molecule has 0 saturated carbocycles. The van der Waals surface area contributed by atoms with Gasteiger partial charge in [0, 0.05) is 31.7 Å². The van der Waals surface area contributed by atoms with Crippen LogP contribution in [0.2, 0.25) is 0 Å². The van der Waals surface area contributed by atoms with E-state index in [4.69, 9.17) is 0 Å². The molecule has 0 unspecified atom stereocenters. The number of nitrogens with one attached hydrogen (secondary N) is 1. The van der Waals surface area contributed by atoms with Crippen LogP contribution in [0.4, 0.5) is 10.1 Å². The summed E-state index contributed by atoms with van der Waals surface area (Å²) in [5.74, 6) is -1.11. The van der Waals surface area contributed by atoms with Crippen LogP contribution < -0.4 is 5.32 Å². The standard InChI is InChI=1S/C11H14FN3O4S/c1-8-7-14(5-4-13-8)20(18,19)11-3-2-9(15(16)17)6-10(11)12/h2-3,6,8,13H,4-5,7H2,1H3/t8-/m0/s1. The predicted octanol–water partition coefficient (Wildman–Crippen LogP) is 0.716. The molecule has 0 spiro atoms. The molecule has 1 heterocycles. The fourth-order valence-electron chi connectivity index (χ4n) is 2.07. The summed E-state index contributed by atoms with van der Waals surface area (Å²) < 4.78 is 39.7. The van der Waals surface area contributed by atoms with Crippen LogP contribution in [-0.2, 0) is 10.0 Å². The SMILES string of the molecule is C[C@H]1CN(S(=O)(=O)c2ccc([N+](=O)[O-])cc2F)CCN1. The molecule has 7 nitrogen and oxygen atoms in total. The van der Waals surface area contributed by atoms with Gasteiger partial charge >= 0.3 is 0 Å². The zero-order chi connectivity index (χ0) is 14.9. The molecular weight excluding hydrogens is 289 g/mol. The van der Waals surface area contributed by atoms with Crippen molar-refractivity contribution in [2.45, 2.75) is 17.9 Å². The summed E-state index contributed by atoms with van der Waals surface area (Å²) >= 11 is 0. The molecule has 0 amide bonds. The van der Waals surface area contributed by atoms with Crippen LogP contribution in [-0.4, -0.2) is 43.3 Å². The molecule has 9 heteroatoms. The second-order valence-corrected chi connectivity index (χ2v) is 6.50. The van der Waals surface area contributed by atoms with Crippen molar-refractivity contribution >= 4 is 15.7 Å². The van der Waals surface area contributed by atoms with Gasteiger partial charge in [-0.05, 0) is 13.0 Å². The Morgan fingerprint density at radius 3 is 2.75 bits per heavy atom. The molecule has 1 fully saturated rings. The molecule has 1 aromatic carbocycles. The average Bonchev–Trinajstić information content (AvgIpc) is 2.38. The van der Waals surface area contributed by atoms with E-state index >= 15 is 0 Å². The minimum absolute atomic E-state index is 0.0281. The van der Waals surface area contributed by atoms with Crippen molar-refractivity contribution in [2.24, 2.45) is 0 Å². The van der Waals surface area contributed by atoms with Crippen molar-refractivity contribution in [1.82, 2.24) is 9.62 Å². The highest BCUT2D eigenvalue weighted by Gasteiger charge is 2.31. The highest BCUT2D eigenvalue weighted by Crippen LogP contribution is 2.24. The van der Waals surface area contributed by atoms with Gasteiger partial charge in [-0.3, -0.25) is 10.1 Å². The Morgan fingerprint density at radius 2 is 2.20 bits per heavy atom. The van der Waals surface area contributed by atoms with Gasteiger partial charge in [0.15, 0.2) is 0 Å². The van der Waals surface area contributed by atoms with Crippen LogP contribution in [0.1, 0.15) is 6.92 Å². The molecule has 1 aromatic rings. The van der Waals surface area contributed by atoms with Crippen molar-refractivity contribution in [2.75, 3.05) is 19.6 Å². The highest BCUT2D eigenvalue weighted by atomic mass is 32.2. The van der Waals surface area contributed by atoms with Gasteiger partial charge in [-0.15, -0.1) is 0 Å². The van der Waals surface area contributed by atoms with Crippen molar-refractivity contribution in [3.05, 3.63) is 34.1 Å². The van der Waals surface area contributed by atoms with Gasteiger partial charge < -0.3 is 5.32 Å². The Balaban J connectivity index is 2.36. The van der Waals surface area contributed by atoms with Crippen LogP contribution in [0, 0.1) is 15.9 Å². The molecule has 0 bridgehead atoms. The molecule has 0 aromatic heterocycles. The maximum atomic E-state index is 13.8. The first-order valence-corrected chi connectivity index (χ1v) is 7.44. The summed E-state index contributed by atoms with van der Waals surface area (Å²) in [5, 5.41) is 13.6. The Kier molecular flexibility index (Phi) is 4.02. The zero-order valence-corrected chi connectivity index (χ0v) is 11.6. The summed E-state index contributed by atoms with van der Waals surface area (Å²) in [6.45, 7) is 2.78.